The van der Waals surface area contributed by atoms with Gasteiger partial charge in [-0.15, -0.1) is 11.3 Å². The first-order valence-corrected chi connectivity index (χ1v) is 7.96. The predicted octanol–water partition coefficient (Wildman–Crippen LogP) is 4.18. The number of amidine groups is 1. The lowest BCUT2D eigenvalue weighted by atomic mass is 10.1. The van der Waals surface area contributed by atoms with E-state index in [2.05, 4.69) is 37.1 Å². The first kappa shape index (κ1) is 13.2. The Kier molecular flexibility index (Phi) is 4.39. The van der Waals surface area contributed by atoms with Gasteiger partial charge < -0.3 is 5.32 Å². The summed E-state index contributed by atoms with van der Waals surface area (Å²) in [5.74, 6) is 1.81. The second-order valence-corrected chi connectivity index (χ2v) is 7.23. The molecule has 17 heavy (non-hydrogen) atoms. The second kappa shape index (κ2) is 5.63. The molecular formula is C12H17ClN2S2. The van der Waals surface area contributed by atoms with Gasteiger partial charge >= 0.3 is 0 Å². The molecule has 1 aromatic heterocycles. The van der Waals surface area contributed by atoms with Crippen molar-refractivity contribution in [1.82, 2.24) is 5.32 Å². The lowest BCUT2D eigenvalue weighted by molar-refractivity contribution is 0.532. The average Bonchev–Trinajstić information content (AvgIpc) is 2.70. The summed E-state index contributed by atoms with van der Waals surface area (Å²) in [6.45, 7) is 6.58. The predicted molar refractivity (Wildman–Crippen MR) is 79.4 cm³/mol. The second-order valence-electron chi connectivity index (χ2n) is 4.47. The molecule has 94 valence electrons. The Bertz CT molecular complexity index is 416. The molecule has 2 nitrogen and oxygen atoms in total. The average molecular weight is 289 g/mol. The quantitative estimate of drug-likeness (QED) is 0.883. The van der Waals surface area contributed by atoms with Gasteiger partial charge in [0.25, 0.3) is 0 Å². The van der Waals surface area contributed by atoms with E-state index in [0.29, 0.717) is 12.0 Å². The topological polar surface area (TPSA) is 24.4 Å². The first-order chi connectivity index (χ1) is 8.06. The van der Waals surface area contributed by atoms with Crippen LogP contribution in [0.25, 0.3) is 0 Å². The van der Waals surface area contributed by atoms with Gasteiger partial charge in [0.05, 0.1) is 16.4 Å². The molecule has 2 heterocycles. The highest BCUT2D eigenvalue weighted by Gasteiger charge is 2.20. The van der Waals surface area contributed by atoms with Crippen LogP contribution in [-0.4, -0.2) is 17.0 Å². The number of halogens is 1. The summed E-state index contributed by atoms with van der Waals surface area (Å²) in [7, 11) is 0. The molecule has 0 bridgehead atoms. The highest BCUT2D eigenvalue weighted by Crippen LogP contribution is 2.28. The van der Waals surface area contributed by atoms with E-state index in [1.54, 1.807) is 11.3 Å². The third-order valence-electron chi connectivity index (χ3n) is 2.99. The number of hydrogen-bond acceptors (Lipinski definition) is 4. The van der Waals surface area contributed by atoms with E-state index in [4.69, 9.17) is 11.6 Å². The SMILES string of the molecule is CC(NC1=NC(C)C(C)CS1)c1ccc(Cl)s1. The van der Waals surface area contributed by atoms with Crippen LogP contribution in [0.4, 0.5) is 0 Å². The van der Waals surface area contributed by atoms with Crippen LogP contribution in [0.2, 0.25) is 4.34 Å². The Morgan fingerprint density at radius 2 is 2.24 bits per heavy atom. The summed E-state index contributed by atoms with van der Waals surface area (Å²) in [5.41, 5.74) is 0. The van der Waals surface area contributed by atoms with Gasteiger partial charge in [-0.05, 0) is 31.9 Å². The van der Waals surface area contributed by atoms with Crippen molar-refractivity contribution in [3.05, 3.63) is 21.3 Å². The Morgan fingerprint density at radius 3 is 2.82 bits per heavy atom. The van der Waals surface area contributed by atoms with Gasteiger partial charge in [0.15, 0.2) is 5.17 Å². The number of rotatable bonds is 2. The van der Waals surface area contributed by atoms with Crippen LogP contribution in [-0.2, 0) is 0 Å². The maximum Gasteiger partial charge on any atom is 0.157 e. The number of thioether (sulfide) groups is 1. The van der Waals surface area contributed by atoms with Gasteiger partial charge in [-0.2, -0.15) is 0 Å². The molecule has 3 unspecified atom stereocenters. The van der Waals surface area contributed by atoms with E-state index in [0.717, 1.165) is 15.3 Å². The summed E-state index contributed by atoms with van der Waals surface area (Å²) in [5, 5.41) is 4.53. The summed E-state index contributed by atoms with van der Waals surface area (Å²) >= 11 is 9.38. The molecule has 0 saturated heterocycles. The molecule has 0 saturated carbocycles. The normalized spacial score (nSPS) is 26.5. The molecule has 0 aromatic carbocycles. The fourth-order valence-corrected chi connectivity index (χ4v) is 3.86. The Hall–Kier alpha value is -0.190. The third kappa shape index (κ3) is 3.39. The molecule has 0 fully saturated rings. The molecular weight excluding hydrogens is 272 g/mol. The highest BCUT2D eigenvalue weighted by atomic mass is 35.5. The summed E-state index contributed by atoms with van der Waals surface area (Å²) in [4.78, 5) is 5.93. The van der Waals surface area contributed by atoms with Crippen LogP contribution >= 0.6 is 34.7 Å². The van der Waals surface area contributed by atoms with Gasteiger partial charge in [0.2, 0.25) is 0 Å². The molecule has 2 rings (SSSR count). The minimum Gasteiger partial charge on any atom is -0.358 e. The largest absolute Gasteiger partial charge is 0.358 e. The molecule has 5 heteroatoms. The van der Waals surface area contributed by atoms with Crippen molar-refractivity contribution in [3.8, 4) is 0 Å². The highest BCUT2D eigenvalue weighted by molar-refractivity contribution is 8.13. The van der Waals surface area contributed by atoms with Gasteiger partial charge in [-0.25, -0.2) is 0 Å². The Morgan fingerprint density at radius 1 is 1.47 bits per heavy atom. The van der Waals surface area contributed by atoms with Gasteiger partial charge in [-0.1, -0.05) is 30.3 Å². The zero-order chi connectivity index (χ0) is 12.4. The minimum atomic E-state index is 0.277. The molecule has 0 aliphatic carbocycles. The summed E-state index contributed by atoms with van der Waals surface area (Å²) in [6, 6.07) is 4.71. The zero-order valence-electron chi connectivity index (χ0n) is 10.2. The molecule has 1 aromatic rings. The molecule has 1 N–H and O–H groups in total. The Labute approximate surface area is 116 Å². The maximum atomic E-state index is 5.94. The van der Waals surface area contributed by atoms with Crippen LogP contribution < -0.4 is 5.32 Å². The maximum absolute atomic E-state index is 5.94. The van der Waals surface area contributed by atoms with Crippen molar-refractivity contribution in [2.75, 3.05) is 5.75 Å². The van der Waals surface area contributed by atoms with Gasteiger partial charge in [0, 0.05) is 10.6 Å². The lowest BCUT2D eigenvalue weighted by Crippen LogP contribution is -2.31. The van der Waals surface area contributed by atoms with Crippen LogP contribution in [0, 0.1) is 5.92 Å². The van der Waals surface area contributed by atoms with Crippen LogP contribution in [0.5, 0.6) is 0 Å². The number of hydrogen-bond donors (Lipinski definition) is 1. The van der Waals surface area contributed by atoms with Crippen molar-refractivity contribution < 1.29 is 0 Å². The van der Waals surface area contributed by atoms with Crippen LogP contribution in [0.1, 0.15) is 31.7 Å². The van der Waals surface area contributed by atoms with E-state index >= 15 is 0 Å². The van der Waals surface area contributed by atoms with Crippen molar-refractivity contribution in [3.63, 3.8) is 0 Å². The van der Waals surface area contributed by atoms with Crippen molar-refractivity contribution in [1.29, 1.82) is 0 Å². The number of aliphatic imine (C=N–C) groups is 1. The molecule has 0 amide bonds. The van der Waals surface area contributed by atoms with E-state index in [-0.39, 0.29) is 6.04 Å². The zero-order valence-corrected chi connectivity index (χ0v) is 12.6. The van der Waals surface area contributed by atoms with Crippen LogP contribution in [0.15, 0.2) is 17.1 Å². The third-order valence-corrected chi connectivity index (χ3v) is 5.59. The molecule has 0 radical (unpaired) electrons. The Balaban J connectivity index is 1.99. The van der Waals surface area contributed by atoms with Gasteiger partial charge in [0.1, 0.15) is 0 Å². The van der Waals surface area contributed by atoms with E-state index in [1.807, 2.05) is 17.8 Å². The fraction of sp³-hybridized carbons (Fsp3) is 0.583. The standard InChI is InChI=1S/C12H17ClN2S2/c1-7-6-16-12(14-8(7)2)15-9(3)10-4-5-11(13)17-10/h4-5,7-9H,6H2,1-3H3,(H,14,15). The number of nitrogens with one attached hydrogen (secondary N) is 1. The van der Waals surface area contributed by atoms with Crippen molar-refractivity contribution in [2.45, 2.75) is 32.9 Å². The van der Waals surface area contributed by atoms with Crippen LogP contribution in [0.3, 0.4) is 0 Å². The molecule has 3 atom stereocenters. The molecule has 1 aliphatic heterocycles. The fourth-order valence-electron chi connectivity index (χ4n) is 1.60. The van der Waals surface area contributed by atoms with E-state index < -0.39 is 0 Å². The summed E-state index contributed by atoms with van der Waals surface area (Å²) in [6.07, 6.45) is 0. The van der Waals surface area contributed by atoms with Crippen molar-refractivity contribution >= 4 is 39.9 Å². The van der Waals surface area contributed by atoms with Gasteiger partial charge in [-0.3, -0.25) is 4.99 Å². The molecule has 0 spiro atoms. The lowest BCUT2D eigenvalue weighted by Gasteiger charge is -2.25. The summed E-state index contributed by atoms with van der Waals surface area (Å²) < 4.78 is 0.842. The monoisotopic (exact) mass is 288 g/mol. The number of thiophene rings is 1. The smallest absolute Gasteiger partial charge is 0.157 e. The minimum absolute atomic E-state index is 0.277. The number of nitrogens with zero attached hydrogens (tertiary/aromatic N) is 1. The van der Waals surface area contributed by atoms with E-state index in [1.165, 1.54) is 4.88 Å². The van der Waals surface area contributed by atoms with Crippen molar-refractivity contribution in [2.24, 2.45) is 10.9 Å². The van der Waals surface area contributed by atoms with E-state index in [9.17, 15) is 0 Å². The first-order valence-electron chi connectivity index (χ1n) is 5.78. The molecule has 1 aliphatic rings.